The van der Waals surface area contributed by atoms with Crippen LogP contribution in [0.1, 0.15) is 27.2 Å². The summed E-state index contributed by atoms with van der Waals surface area (Å²) in [7, 11) is 0. The van der Waals surface area contributed by atoms with Crippen molar-refractivity contribution in [2.24, 2.45) is 10.6 Å². The number of nitrogens with zero attached hydrogens (tertiary/aromatic N) is 1. The van der Waals surface area contributed by atoms with Crippen LogP contribution in [0.15, 0.2) is 29.0 Å². The van der Waals surface area contributed by atoms with Crippen LogP contribution in [0.25, 0.3) is 0 Å². The SMILES string of the molecule is CC(C)(C)C1=CCC(Cl)(C=NO)C=C1. The zero-order chi connectivity index (χ0) is 10.8. The molecule has 1 aliphatic rings. The van der Waals surface area contributed by atoms with E-state index in [0.29, 0.717) is 6.42 Å². The van der Waals surface area contributed by atoms with Crippen LogP contribution in [0.3, 0.4) is 0 Å². The zero-order valence-electron chi connectivity index (χ0n) is 8.79. The average molecular weight is 214 g/mol. The molecule has 0 bridgehead atoms. The van der Waals surface area contributed by atoms with Crippen LogP contribution in [-0.2, 0) is 0 Å². The Balaban J connectivity index is 2.81. The number of alkyl halides is 1. The third-order valence-corrected chi connectivity index (χ3v) is 2.69. The Morgan fingerprint density at radius 1 is 1.57 bits per heavy atom. The van der Waals surface area contributed by atoms with Gasteiger partial charge in [-0.05, 0) is 17.4 Å². The van der Waals surface area contributed by atoms with Crippen molar-refractivity contribution in [1.29, 1.82) is 0 Å². The van der Waals surface area contributed by atoms with Gasteiger partial charge in [-0.1, -0.05) is 44.2 Å². The van der Waals surface area contributed by atoms with E-state index in [4.69, 9.17) is 16.8 Å². The second-order valence-corrected chi connectivity index (χ2v) is 5.32. The first-order valence-corrected chi connectivity index (χ1v) is 5.02. The van der Waals surface area contributed by atoms with Crippen LogP contribution in [0, 0.1) is 5.41 Å². The monoisotopic (exact) mass is 213 g/mol. The van der Waals surface area contributed by atoms with Crippen molar-refractivity contribution in [3.05, 3.63) is 23.8 Å². The van der Waals surface area contributed by atoms with E-state index in [9.17, 15) is 0 Å². The molecule has 0 aromatic heterocycles. The van der Waals surface area contributed by atoms with Crippen LogP contribution in [-0.4, -0.2) is 16.3 Å². The van der Waals surface area contributed by atoms with E-state index < -0.39 is 4.87 Å². The van der Waals surface area contributed by atoms with Crippen LogP contribution >= 0.6 is 11.6 Å². The quantitative estimate of drug-likeness (QED) is 0.308. The minimum atomic E-state index is -0.649. The maximum Gasteiger partial charge on any atom is 0.105 e. The average Bonchev–Trinajstić information content (AvgIpc) is 2.03. The topological polar surface area (TPSA) is 32.6 Å². The van der Waals surface area contributed by atoms with Crippen molar-refractivity contribution in [2.75, 3.05) is 0 Å². The fourth-order valence-corrected chi connectivity index (χ4v) is 1.56. The minimum absolute atomic E-state index is 0.144. The van der Waals surface area contributed by atoms with Crippen molar-refractivity contribution >= 4 is 17.8 Å². The van der Waals surface area contributed by atoms with Crippen molar-refractivity contribution in [1.82, 2.24) is 0 Å². The molecule has 0 aliphatic heterocycles. The van der Waals surface area contributed by atoms with Gasteiger partial charge < -0.3 is 5.21 Å². The lowest BCUT2D eigenvalue weighted by molar-refractivity contribution is 0.319. The summed E-state index contributed by atoms with van der Waals surface area (Å²) in [6.45, 7) is 6.47. The maximum absolute atomic E-state index is 8.44. The summed E-state index contributed by atoms with van der Waals surface area (Å²) in [6.07, 6.45) is 7.98. The molecule has 0 spiro atoms. The highest BCUT2D eigenvalue weighted by Crippen LogP contribution is 2.34. The summed E-state index contributed by atoms with van der Waals surface area (Å²) in [5, 5.41) is 11.4. The Bertz CT molecular complexity index is 299. The molecule has 1 rings (SSSR count). The number of allylic oxidation sites excluding steroid dienone is 4. The maximum atomic E-state index is 8.44. The standard InChI is InChI=1S/C11H16ClNO/c1-10(2,3)9-4-6-11(12,7-5-9)8-13-14/h4-6,8,14H,7H2,1-3H3. The minimum Gasteiger partial charge on any atom is -0.411 e. The Morgan fingerprint density at radius 2 is 2.21 bits per heavy atom. The van der Waals surface area contributed by atoms with Crippen LogP contribution in [0.2, 0.25) is 0 Å². The molecule has 1 N–H and O–H groups in total. The van der Waals surface area contributed by atoms with Gasteiger partial charge in [0.15, 0.2) is 0 Å². The molecular formula is C11H16ClNO. The van der Waals surface area contributed by atoms with E-state index in [0.717, 1.165) is 0 Å². The molecule has 2 nitrogen and oxygen atoms in total. The number of halogens is 1. The second kappa shape index (κ2) is 3.77. The molecule has 0 aromatic rings. The van der Waals surface area contributed by atoms with Gasteiger partial charge in [-0.2, -0.15) is 0 Å². The molecule has 3 heteroatoms. The Hall–Kier alpha value is -0.760. The highest BCUT2D eigenvalue weighted by molar-refractivity contribution is 6.34. The van der Waals surface area contributed by atoms with E-state index in [1.165, 1.54) is 11.8 Å². The summed E-state index contributed by atoms with van der Waals surface area (Å²) < 4.78 is 0. The molecule has 14 heavy (non-hydrogen) atoms. The summed E-state index contributed by atoms with van der Waals surface area (Å²) in [5.41, 5.74) is 1.41. The van der Waals surface area contributed by atoms with E-state index in [2.05, 4.69) is 32.0 Å². The van der Waals surface area contributed by atoms with Crippen molar-refractivity contribution in [2.45, 2.75) is 32.1 Å². The summed E-state index contributed by atoms with van der Waals surface area (Å²) in [5.74, 6) is 0. The first-order chi connectivity index (χ1) is 6.37. The predicted octanol–water partition coefficient (Wildman–Crippen LogP) is 3.36. The number of hydrogen-bond donors (Lipinski definition) is 1. The van der Waals surface area contributed by atoms with E-state index in [-0.39, 0.29) is 5.41 Å². The molecule has 0 radical (unpaired) electrons. The van der Waals surface area contributed by atoms with E-state index in [1.54, 1.807) is 0 Å². The van der Waals surface area contributed by atoms with Gasteiger partial charge in [0.05, 0.1) is 6.21 Å². The number of oxime groups is 1. The summed E-state index contributed by atoms with van der Waals surface area (Å²) >= 11 is 6.15. The highest BCUT2D eigenvalue weighted by Gasteiger charge is 2.26. The van der Waals surface area contributed by atoms with Gasteiger partial charge in [0.2, 0.25) is 0 Å². The molecule has 1 atom stereocenters. The lowest BCUT2D eigenvalue weighted by atomic mass is 9.81. The number of rotatable bonds is 1. The second-order valence-electron chi connectivity index (χ2n) is 4.62. The molecule has 0 fully saturated rings. The van der Waals surface area contributed by atoms with Gasteiger partial charge in [0.25, 0.3) is 0 Å². The van der Waals surface area contributed by atoms with E-state index in [1.807, 2.05) is 12.2 Å². The third-order valence-electron chi connectivity index (χ3n) is 2.31. The molecule has 0 saturated heterocycles. The zero-order valence-corrected chi connectivity index (χ0v) is 9.54. The summed E-state index contributed by atoms with van der Waals surface area (Å²) in [6, 6.07) is 0. The molecule has 0 heterocycles. The van der Waals surface area contributed by atoms with Crippen molar-refractivity contribution < 1.29 is 5.21 Å². The third kappa shape index (κ3) is 2.61. The molecule has 78 valence electrons. The highest BCUT2D eigenvalue weighted by atomic mass is 35.5. The van der Waals surface area contributed by atoms with Gasteiger partial charge in [-0.25, -0.2) is 0 Å². The van der Waals surface area contributed by atoms with Gasteiger partial charge in [0.1, 0.15) is 4.87 Å². The van der Waals surface area contributed by atoms with Crippen LogP contribution in [0.5, 0.6) is 0 Å². The van der Waals surface area contributed by atoms with Crippen LogP contribution < -0.4 is 0 Å². The van der Waals surface area contributed by atoms with Crippen molar-refractivity contribution in [3.63, 3.8) is 0 Å². The first kappa shape index (κ1) is 11.3. The summed E-state index contributed by atoms with van der Waals surface area (Å²) in [4.78, 5) is -0.649. The molecule has 1 aliphatic carbocycles. The lowest BCUT2D eigenvalue weighted by Gasteiger charge is -2.27. The van der Waals surface area contributed by atoms with Gasteiger partial charge >= 0.3 is 0 Å². The van der Waals surface area contributed by atoms with Gasteiger partial charge in [-0.3, -0.25) is 0 Å². The normalized spacial score (nSPS) is 28.1. The Kier molecular flexibility index (Phi) is 3.05. The molecule has 1 unspecified atom stereocenters. The Labute approximate surface area is 90.0 Å². The van der Waals surface area contributed by atoms with Crippen molar-refractivity contribution in [3.8, 4) is 0 Å². The van der Waals surface area contributed by atoms with Crippen LogP contribution in [0.4, 0.5) is 0 Å². The number of hydrogen-bond acceptors (Lipinski definition) is 2. The fraction of sp³-hybridized carbons (Fsp3) is 0.545. The van der Waals surface area contributed by atoms with Gasteiger partial charge in [0, 0.05) is 0 Å². The first-order valence-electron chi connectivity index (χ1n) is 4.65. The smallest absolute Gasteiger partial charge is 0.105 e. The molecular weight excluding hydrogens is 198 g/mol. The van der Waals surface area contributed by atoms with E-state index >= 15 is 0 Å². The molecule has 0 aromatic carbocycles. The molecule has 0 saturated carbocycles. The largest absolute Gasteiger partial charge is 0.411 e. The fourth-order valence-electron chi connectivity index (χ4n) is 1.38. The van der Waals surface area contributed by atoms with Gasteiger partial charge in [-0.15, -0.1) is 11.6 Å². The Morgan fingerprint density at radius 3 is 2.57 bits per heavy atom. The predicted molar refractivity (Wildman–Crippen MR) is 60.2 cm³/mol. The molecule has 0 amide bonds. The lowest BCUT2D eigenvalue weighted by Crippen LogP contribution is -2.23.